The lowest BCUT2D eigenvalue weighted by Crippen LogP contribution is -2.31. The second-order valence-electron chi connectivity index (χ2n) is 4.54. The van der Waals surface area contributed by atoms with Gasteiger partial charge in [0.1, 0.15) is 0 Å². The van der Waals surface area contributed by atoms with Crippen LogP contribution in [0.4, 0.5) is 0 Å². The third kappa shape index (κ3) is 1.73. The maximum absolute atomic E-state index is 11.0. The molecule has 3 nitrogen and oxygen atoms in total. The van der Waals surface area contributed by atoms with Gasteiger partial charge >= 0.3 is 0 Å². The Labute approximate surface area is 85.3 Å². The van der Waals surface area contributed by atoms with Crippen molar-refractivity contribution < 1.29 is 12.6 Å². The lowest BCUT2D eigenvalue weighted by atomic mass is 9.83. The van der Waals surface area contributed by atoms with E-state index >= 15 is 0 Å². The molecule has 3 unspecified atom stereocenters. The van der Waals surface area contributed by atoms with Crippen LogP contribution in [0.2, 0.25) is 0 Å². The molecule has 0 aromatic rings. The predicted octanol–water partition coefficient (Wildman–Crippen LogP) is 1.71. The Morgan fingerprint density at radius 2 is 2.29 bits per heavy atom. The summed E-state index contributed by atoms with van der Waals surface area (Å²) in [5.74, 6) is 0.653. The van der Waals surface area contributed by atoms with E-state index in [4.69, 9.17) is 4.18 Å². The molecule has 0 spiro atoms. The Morgan fingerprint density at radius 3 is 2.64 bits per heavy atom. The summed E-state index contributed by atoms with van der Waals surface area (Å²) < 4.78 is 27.1. The van der Waals surface area contributed by atoms with Gasteiger partial charge in [0.15, 0.2) is 0 Å². The minimum Gasteiger partial charge on any atom is -0.266 e. The second-order valence-corrected chi connectivity index (χ2v) is 6.14. The summed E-state index contributed by atoms with van der Waals surface area (Å²) in [6, 6.07) is 0. The molecule has 3 atom stereocenters. The van der Waals surface area contributed by atoms with E-state index in [1.807, 2.05) is 6.92 Å². The highest BCUT2D eigenvalue weighted by molar-refractivity contribution is 7.86. The average Bonchev–Trinajstić information content (AvgIpc) is 2.60. The van der Waals surface area contributed by atoms with Crippen LogP contribution in [-0.2, 0) is 14.3 Å². The number of hydrogen-bond donors (Lipinski definition) is 0. The van der Waals surface area contributed by atoms with Crippen LogP contribution in [0.15, 0.2) is 12.2 Å². The first-order valence-electron chi connectivity index (χ1n) is 4.99. The van der Waals surface area contributed by atoms with Crippen molar-refractivity contribution in [3.05, 3.63) is 12.2 Å². The molecular formula is C10H16O3S. The molecule has 0 aromatic carbocycles. The van der Waals surface area contributed by atoms with Gasteiger partial charge in [-0.1, -0.05) is 12.2 Å². The first kappa shape index (κ1) is 10.2. The summed E-state index contributed by atoms with van der Waals surface area (Å²) in [6.07, 6.45) is 8.54. The van der Waals surface area contributed by atoms with Gasteiger partial charge in [-0.15, -0.1) is 0 Å². The van der Waals surface area contributed by atoms with E-state index in [9.17, 15) is 8.42 Å². The Morgan fingerprint density at radius 1 is 1.57 bits per heavy atom. The van der Waals surface area contributed by atoms with E-state index in [2.05, 4.69) is 12.2 Å². The smallest absolute Gasteiger partial charge is 0.264 e. The van der Waals surface area contributed by atoms with Gasteiger partial charge in [-0.3, -0.25) is 4.18 Å². The molecule has 0 N–H and O–H groups in total. The minimum absolute atomic E-state index is 0.00620. The molecule has 80 valence electrons. The number of allylic oxidation sites excluding steroid dienone is 1. The molecule has 2 bridgehead atoms. The fourth-order valence-electron chi connectivity index (χ4n) is 2.65. The van der Waals surface area contributed by atoms with Gasteiger partial charge < -0.3 is 0 Å². The highest BCUT2D eigenvalue weighted by Crippen LogP contribution is 2.52. The SMILES string of the molecule is CC(OS(C)(=O)=O)C12C=CC(CC1)C2. The number of hydrogen-bond acceptors (Lipinski definition) is 3. The molecule has 0 radical (unpaired) electrons. The fraction of sp³-hybridized carbons (Fsp3) is 0.800. The van der Waals surface area contributed by atoms with Gasteiger partial charge in [-0.25, -0.2) is 0 Å². The Hall–Kier alpha value is -0.350. The van der Waals surface area contributed by atoms with E-state index < -0.39 is 10.1 Å². The van der Waals surface area contributed by atoms with Gasteiger partial charge in [-0.05, 0) is 32.1 Å². The van der Waals surface area contributed by atoms with Crippen molar-refractivity contribution in [1.82, 2.24) is 0 Å². The summed E-state index contributed by atoms with van der Waals surface area (Å²) in [5.41, 5.74) is -0.00620. The fourth-order valence-corrected chi connectivity index (χ4v) is 3.37. The summed E-state index contributed by atoms with van der Waals surface area (Å²) in [5, 5.41) is 0. The number of rotatable bonds is 3. The monoisotopic (exact) mass is 216 g/mol. The minimum atomic E-state index is -3.32. The molecule has 14 heavy (non-hydrogen) atoms. The third-order valence-corrected chi connectivity index (χ3v) is 4.09. The van der Waals surface area contributed by atoms with Crippen LogP contribution in [0.5, 0.6) is 0 Å². The highest BCUT2D eigenvalue weighted by Gasteiger charge is 2.46. The molecule has 1 fully saturated rings. The normalized spacial score (nSPS) is 37.7. The van der Waals surface area contributed by atoms with Crippen molar-refractivity contribution in [2.24, 2.45) is 11.3 Å². The second kappa shape index (κ2) is 3.07. The Kier molecular flexibility index (Phi) is 2.23. The highest BCUT2D eigenvalue weighted by atomic mass is 32.2. The maximum atomic E-state index is 11.0. The molecule has 0 aliphatic heterocycles. The molecule has 0 amide bonds. The van der Waals surface area contributed by atoms with Crippen molar-refractivity contribution in [1.29, 1.82) is 0 Å². The van der Waals surface area contributed by atoms with Crippen LogP contribution < -0.4 is 0 Å². The Bertz CT molecular complexity index is 358. The van der Waals surface area contributed by atoms with Gasteiger partial charge in [0.05, 0.1) is 12.4 Å². The number of fused-ring (bicyclic) bond motifs is 2. The summed E-state index contributed by atoms with van der Waals surface area (Å²) in [6.45, 7) is 1.86. The molecular weight excluding hydrogens is 200 g/mol. The third-order valence-electron chi connectivity index (χ3n) is 3.45. The standard InChI is InChI=1S/C10H16O3S/c1-8(13-14(2,11)12)10-5-3-9(7-10)4-6-10/h3,5,8-9H,4,6-7H2,1-2H3. The van der Waals surface area contributed by atoms with Crippen LogP contribution in [-0.4, -0.2) is 20.8 Å². The zero-order chi connectivity index (χ0) is 10.4. The van der Waals surface area contributed by atoms with Crippen molar-refractivity contribution in [2.75, 3.05) is 6.26 Å². The molecule has 2 rings (SSSR count). The van der Waals surface area contributed by atoms with E-state index in [1.54, 1.807) is 0 Å². The lowest BCUT2D eigenvalue weighted by Gasteiger charge is -2.29. The summed E-state index contributed by atoms with van der Waals surface area (Å²) >= 11 is 0. The average molecular weight is 216 g/mol. The molecule has 2 aliphatic carbocycles. The first-order chi connectivity index (χ1) is 6.41. The molecule has 0 heterocycles. The molecule has 0 aromatic heterocycles. The van der Waals surface area contributed by atoms with E-state index in [1.165, 1.54) is 6.42 Å². The van der Waals surface area contributed by atoms with Gasteiger partial charge in [0, 0.05) is 5.41 Å². The van der Waals surface area contributed by atoms with Crippen molar-refractivity contribution in [3.8, 4) is 0 Å². The lowest BCUT2D eigenvalue weighted by molar-refractivity contribution is 0.112. The summed E-state index contributed by atoms with van der Waals surface area (Å²) in [7, 11) is -3.32. The molecule has 1 saturated carbocycles. The van der Waals surface area contributed by atoms with Crippen molar-refractivity contribution in [2.45, 2.75) is 32.3 Å². The molecule has 2 aliphatic rings. The molecule has 0 saturated heterocycles. The summed E-state index contributed by atoms with van der Waals surface area (Å²) in [4.78, 5) is 0. The van der Waals surface area contributed by atoms with Crippen molar-refractivity contribution in [3.63, 3.8) is 0 Å². The zero-order valence-corrected chi connectivity index (χ0v) is 9.38. The van der Waals surface area contributed by atoms with Crippen LogP contribution in [0.3, 0.4) is 0 Å². The van der Waals surface area contributed by atoms with Crippen LogP contribution >= 0.6 is 0 Å². The van der Waals surface area contributed by atoms with Gasteiger partial charge in [0.25, 0.3) is 10.1 Å². The quantitative estimate of drug-likeness (QED) is 0.533. The molecule has 4 heteroatoms. The van der Waals surface area contributed by atoms with Crippen LogP contribution in [0.25, 0.3) is 0 Å². The topological polar surface area (TPSA) is 43.4 Å². The predicted molar refractivity (Wildman–Crippen MR) is 54.3 cm³/mol. The Balaban J connectivity index is 2.12. The van der Waals surface area contributed by atoms with E-state index in [0.717, 1.165) is 19.1 Å². The van der Waals surface area contributed by atoms with E-state index in [-0.39, 0.29) is 11.5 Å². The van der Waals surface area contributed by atoms with E-state index in [0.29, 0.717) is 5.92 Å². The largest absolute Gasteiger partial charge is 0.266 e. The van der Waals surface area contributed by atoms with Gasteiger partial charge in [0.2, 0.25) is 0 Å². The van der Waals surface area contributed by atoms with Crippen LogP contribution in [0, 0.1) is 11.3 Å². The maximum Gasteiger partial charge on any atom is 0.264 e. The zero-order valence-electron chi connectivity index (χ0n) is 8.56. The van der Waals surface area contributed by atoms with Crippen molar-refractivity contribution >= 4 is 10.1 Å². The van der Waals surface area contributed by atoms with Gasteiger partial charge in [-0.2, -0.15) is 8.42 Å². The van der Waals surface area contributed by atoms with Crippen LogP contribution in [0.1, 0.15) is 26.2 Å². The first-order valence-corrected chi connectivity index (χ1v) is 6.81.